The SMILES string of the molecule is CCNC(C)c1cnc(C2SCCSC2CC)s1. The highest BCUT2D eigenvalue weighted by Crippen LogP contribution is 2.45. The molecule has 0 spiro atoms. The first-order valence-electron chi connectivity index (χ1n) is 6.68. The van der Waals surface area contributed by atoms with Crippen LogP contribution in [-0.4, -0.2) is 28.3 Å². The van der Waals surface area contributed by atoms with E-state index in [1.165, 1.54) is 27.8 Å². The van der Waals surface area contributed by atoms with Gasteiger partial charge in [-0.2, -0.15) is 11.8 Å². The zero-order chi connectivity index (χ0) is 13.0. The Hall–Kier alpha value is 0.290. The highest BCUT2D eigenvalue weighted by atomic mass is 32.2. The second-order valence-corrected chi connectivity index (χ2v) is 8.18. The van der Waals surface area contributed by atoms with Crippen LogP contribution in [0, 0.1) is 0 Å². The predicted octanol–water partition coefficient (Wildman–Crippen LogP) is 4.11. The highest BCUT2D eigenvalue weighted by molar-refractivity contribution is 8.06. The molecule has 0 amide bonds. The summed E-state index contributed by atoms with van der Waals surface area (Å²) in [5.41, 5.74) is 0. The molecule has 1 saturated heterocycles. The third-order valence-corrected chi connectivity index (χ3v) is 7.84. The van der Waals surface area contributed by atoms with Crippen LogP contribution >= 0.6 is 34.9 Å². The molecular formula is C13H22N2S3. The first kappa shape index (κ1) is 14.7. The van der Waals surface area contributed by atoms with Crippen molar-refractivity contribution in [3.05, 3.63) is 16.1 Å². The lowest BCUT2D eigenvalue weighted by molar-refractivity contribution is 0.606. The van der Waals surface area contributed by atoms with Gasteiger partial charge in [-0.3, -0.25) is 0 Å². The van der Waals surface area contributed by atoms with Gasteiger partial charge >= 0.3 is 0 Å². The van der Waals surface area contributed by atoms with E-state index < -0.39 is 0 Å². The van der Waals surface area contributed by atoms with Crippen molar-refractivity contribution in [1.29, 1.82) is 0 Å². The van der Waals surface area contributed by atoms with Gasteiger partial charge in [0.2, 0.25) is 0 Å². The minimum absolute atomic E-state index is 0.433. The normalized spacial score (nSPS) is 26.2. The molecule has 5 heteroatoms. The summed E-state index contributed by atoms with van der Waals surface area (Å²) in [6.07, 6.45) is 3.32. The Kier molecular flexibility index (Phi) is 5.86. The van der Waals surface area contributed by atoms with Crippen LogP contribution in [0.15, 0.2) is 6.20 Å². The summed E-state index contributed by atoms with van der Waals surface area (Å²) in [4.78, 5) is 6.06. The average Bonchev–Trinajstić information content (AvgIpc) is 2.88. The van der Waals surface area contributed by atoms with E-state index in [1.807, 2.05) is 11.3 Å². The summed E-state index contributed by atoms with van der Waals surface area (Å²) in [7, 11) is 0. The van der Waals surface area contributed by atoms with Gasteiger partial charge in [-0.15, -0.1) is 23.1 Å². The van der Waals surface area contributed by atoms with Crippen LogP contribution in [-0.2, 0) is 0 Å². The first-order chi connectivity index (χ1) is 8.76. The van der Waals surface area contributed by atoms with Crippen LogP contribution in [0.2, 0.25) is 0 Å². The van der Waals surface area contributed by atoms with E-state index in [9.17, 15) is 0 Å². The van der Waals surface area contributed by atoms with Gasteiger partial charge in [-0.25, -0.2) is 4.98 Å². The number of aromatic nitrogens is 1. The minimum Gasteiger partial charge on any atom is -0.310 e. The Balaban J connectivity index is 2.08. The Morgan fingerprint density at radius 1 is 1.39 bits per heavy atom. The largest absolute Gasteiger partial charge is 0.310 e. The number of hydrogen-bond donors (Lipinski definition) is 1. The fourth-order valence-electron chi connectivity index (χ4n) is 2.17. The quantitative estimate of drug-likeness (QED) is 0.884. The van der Waals surface area contributed by atoms with E-state index in [0.717, 1.165) is 11.8 Å². The Bertz CT molecular complexity index is 367. The lowest BCUT2D eigenvalue weighted by Gasteiger charge is -2.28. The Morgan fingerprint density at radius 3 is 2.89 bits per heavy atom. The number of thiazole rings is 1. The van der Waals surface area contributed by atoms with E-state index >= 15 is 0 Å². The summed E-state index contributed by atoms with van der Waals surface area (Å²) in [6.45, 7) is 7.69. The predicted molar refractivity (Wildman–Crippen MR) is 85.9 cm³/mol. The molecular weight excluding hydrogens is 280 g/mol. The number of rotatable bonds is 5. The molecule has 1 aromatic heterocycles. The molecule has 0 bridgehead atoms. The molecule has 102 valence electrons. The van der Waals surface area contributed by atoms with E-state index in [0.29, 0.717) is 11.3 Å². The van der Waals surface area contributed by atoms with E-state index in [-0.39, 0.29) is 0 Å². The van der Waals surface area contributed by atoms with Gasteiger partial charge in [0.25, 0.3) is 0 Å². The van der Waals surface area contributed by atoms with Crippen LogP contribution < -0.4 is 5.32 Å². The highest BCUT2D eigenvalue weighted by Gasteiger charge is 2.29. The fraction of sp³-hybridized carbons (Fsp3) is 0.769. The summed E-state index contributed by atoms with van der Waals surface area (Å²) >= 11 is 6.12. The third-order valence-electron chi connectivity index (χ3n) is 3.17. The maximum absolute atomic E-state index is 4.69. The van der Waals surface area contributed by atoms with Gasteiger partial charge in [-0.05, 0) is 19.9 Å². The molecule has 1 N–H and O–H groups in total. The molecule has 3 unspecified atom stereocenters. The van der Waals surface area contributed by atoms with Crippen molar-refractivity contribution < 1.29 is 0 Å². The average molecular weight is 303 g/mol. The first-order valence-corrected chi connectivity index (χ1v) is 9.59. The van der Waals surface area contributed by atoms with E-state index in [4.69, 9.17) is 0 Å². The lowest BCUT2D eigenvalue weighted by atomic mass is 10.2. The van der Waals surface area contributed by atoms with E-state index in [2.05, 4.69) is 60.8 Å². The van der Waals surface area contributed by atoms with Crippen molar-refractivity contribution in [2.75, 3.05) is 18.1 Å². The van der Waals surface area contributed by atoms with Crippen molar-refractivity contribution in [2.45, 2.75) is 43.7 Å². The molecule has 18 heavy (non-hydrogen) atoms. The number of thioether (sulfide) groups is 2. The van der Waals surface area contributed by atoms with Crippen LogP contribution in [0.25, 0.3) is 0 Å². The molecule has 0 radical (unpaired) electrons. The molecule has 1 fully saturated rings. The van der Waals surface area contributed by atoms with Gasteiger partial charge in [0.1, 0.15) is 5.01 Å². The molecule has 0 aliphatic carbocycles. The van der Waals surface area contributed by atoms with Gasteiger partial charge < -0.3 is 5.32 Å². The van der Waals surface area contributed by atoms with Crippen molar-refractivity contribution >= 4 is 34.9 Å². The summed E-state index contributed by atoms with van der Waals surface area (Å²) in [6, 6.07) is 0.433. The molecule has 1 aromatic rings. The molecule has 3 atom stereocenters. The topological polar surface area (TPSA) is 24.9 Å². The van der Waals surface area contributed by atoms with Crippen molar-refractivity contribution in [3.63, 3.8) is 0 Å². The molecule has 1 aliphatic rings. The molecule has 0 aromatic carbocycles. The zero-order valence-corrected chi connectivity index (χ0v) is 13.8. The standard InChI is InChI=1S/C13H22N2S3/c1-4-10-12(17-7-6-16-10)13-15-8-11(18-13)9(3)14-5-2/h8-10,12,14H,4-7H2,1-3H3. The molecule has 1 aliphatic heterocycles. The maximum Gasteiger partial charge on any atom is 0.107 e. The lowest BCUT2D eigenvalue weighted by Crippen LogP contribution is -2.18. The monoisotopic (exact) mass is 302 g/mol. The van der Waals surface area contributed by atoms with Crippen molar-refractivity contribution in [3.8, 4) is 0 Å². The van der Waals surface area contributed by atoms with Gasteiger partial charge in [-0.1, -0.05) is 13.8 Å². The van der Waals surface area contributed by atoms with Gasteiger partial charge in [0.15, 0.2) is 0 Å². The second-order valence-electron chi connectivity index (χ2n) is 4.49. The molecule has 2 nitrogen and oxygen atoms in total. The molecule has 2 rings (SSSR count). The molecule has 2 heterocycles. The number of hydrogen-bond acceptors (Lipinski definition) is 5. The summed E-state index contributed by atoms with van der Waals surface area (Å²) in [5, 5.41) is 6.15. The van der Waals surface area contributed by atoms with Crippen LogP contribution in [0.1, 0.15) is 48.4 Å². The third kappa shape index (κ3) is 3.44. The van der Waals surface area contributed by atoms with Gasteiger partial charge in [0.05, 0.1) is 5.25 Å². The second kappa shape index (κ2) is 7.17. The summed E-state index contributed by atoms with van der Waals surface area (Å²) in [5.74, 6) is 2.56. The summed E-state index contributed by atoms with van der Waals surface area (Å²) < 4.78 is 0. The smallest absolute Gasteiger partial charge is 0.107 e. The molecule has 0 saturated carbocycles. The Morgan fingerprint density at radius 2 is 2.17 bits per heavy atom. The van der Waals surface area contributed by atoms with Gasteiger partial charge in [0, 0.05) is 33.9 Å². The van der Waals surface area contributed by atoms with Crippen LogP contribution in [0.3, 0.4) is 0 Å². The zero-order valence-electron chi connectivity index (χ0n) is 11.3. The van der Waals surface area contributed by atoms with Crippen LogP contribution in [0.5, 0.6) is 0 Å². The minimum atomic E-state index is 0.433. The van der Waals surface area contributed by atoms with E-state index in [1.54, 1.807) is 0 Å². The maximum atomic E-state index is 4.69. The van der Waals surface area contributed by atoms with Crippen LogP contribution in [0.4, 0.5) is 0 Å². The van der Waals surface area contributed by atoms with Crippen molar-refractivity contribution in [1.82, 2.24) is 10.3 Å². The van der Waals surface area contributed by atoms with Crippen molar-refractivity contribution in [2.24, 2.45) is 0 Å². The Labute approximate surface area is 123 Å². The number of nitrogens with one attached hydrogen (secondary N) is 1. The fourth-order valence-corrected chi connectivity index (χ4v) is 6.55. The number of nitrogens with zero attached hydrogens (tertiary/aromatic N) is 1.